The van der Waals surface area contributed by atoms with E-state index in [1.165, 1.54) is 56.9 Å². The average molecular weight is 553 g/mol. The number of ether oxygens (including phenoxy) is 2. The van der Waals surface area contributed by atoms with Crippen LogP contribution in [0.3, 0.4) is 0 Å². The van der Waals surface area contributed by atoms with Crippen LogP contribution in [0.15, 0.2) is 36.7 Å². The zero-order valence-corrected chi connectivity index (χ0v) is 25.5. The van der Waals surface area contributed by atoms with Crippen LogP contribution in [-0.2, 0) is 31.9 Å². The standard InChI is InChI=1S/C34H52N2O4/c1-5-9-11-13-14-15-16-17-19-29-26-35-31(36-27-29)30-22-20-28(21-23-30)25-34(32(37)39-7-3,33(38)40-8-4)24-18-12-10-6-2/h20-23,26-27H,5-19,24-25H2,1-4H3. The van der Waals surface area contributed by atoms with E-state index in [9.17, 15) is 9.59 Å². The van der Waals surface area contributed by atoms with Crippen LogP contribution >= 0.6 is 0 Å². The normalized spacial score (nSPS) is 11.4. The first-order chi connectivity index (χ1) is 19.5. The zero-order chi connectivity index (χ0) is 29.1. The monoisotopic (exact) mass is 552 g/mol. The lowest BCUT2D eigenvalue weighted by Crippen LogP contribution is -2.44. The summed E-state index contributed by atoms with van der Waals surface area (Å²) >= 11 is 0. The van der Waals surface area contributed by atoms with Crippen LogP contribution in [0.5, 0.6) is 0 Å². The number of benzene rings is 1. The van der Waals surface area contributed by atoms with Crippen molar-refractivity contribution in [3.05, 3.63) is 47.8 Å². The molecule has 2 rings (SSSR count). The molecule has 2 aromatic rings. The molecule has 222 valence electrons. The molecule has 0 amide bonds. The first-order valence-corrected chi connectivity index (χ1v) is 15.7. The molecule has 0 aliphatic heterocycles. The Morgan fingerprint density at radius 1 is 0.650 bits per heavy atom. The molecule has 0 spiro atoms. The van der Waals surface area contributed by atoms with Crippen LogP contribution in [0.4, 0.5) is 0 Å². The third kappa shape index (κ3) is 11.0. The summed E-state index contributed by atoms with van der Waals surface area (Å²) in [6.45, 7) is 8.37. The maximum absolute atomic E-state index is 13.2. The second-order valence-electron chi connectivity index (χ2n) is 10.8. The van der Waals surface area contributed by atoms with E-state index in [-0.39, 0.29) is 19.6 Å². The number of aromatic nitrogens is 2. The third-order valence-corrected chi connectivity index (χ3v) is 7.53. The molecule has 6 nitrogen and oxygen atoms in total. The van der Waals surface area contributed by atoms with E-state index < -0.39 is 17.4 Å². The van der Waals surface area contributed by atoms with Crippen LogP contribution in [0.25, 0.3) is 11.4 Å². The first kappa shape index (κ1) is 33.4. The number of esters is 2. The number of aryl methyl sites for hydroxylation is 1. The lowest BCUT2D eigenvalue weighted by molar-refractivity contribution is -0.172. The maximum Gasteiger partial charge on any atom is 0.323 e. The quantitative estimate of drug-likeness (QED) is 0.0878. The summed E-state index contributed by atoms with van der Waals surface area (Å²) in [5.74, 6) is -0.318. The Bertz CT molecular complexity index is 954. The SMILES string of the molecule is CCCCCCCCCCc1cnc(-c2ccc(CC(CCCCCC)(C(=O)OCC)C(=O)OCC)cc2)nc1. The van der Waals surface area contributed by atoms with E-state index in [2.05, 4.69) is 23.8 Å². The highest BCUT2D eigenvalue weighted by atomic mass is 16.6. The predicted octanol–water partition coefficient (Wildman–Crippen LogP) is 8.45. The second-order valence-corrected chi connectivity index (χ2v) is 10.8. The van der Waals surface area contributed by atoms with E-state index >= 15 is 0 Å². The molecule has 0 unspecified atom stereocenters. The Hall–Kier alpha value is -2.76. The van der Waals surface area contributed by atoms with Gasteiger partial charge in [0, 0.05) is 18.0 Å². The number of hydrogen-bond acceptors (Lipinski definition) is 6. The average Bonchev–Trinajstić information content (AvgIpc) is 2.97. The number of rotatable bonds is 21. The van der Waals surface area contributed by atoms with Crippen molar-refractivity contribution < 1.29 is 19.1 Å². The highest BCUT2D eigenvalue weighted by molar-refractivity contribution is 6.00. The van der Waals surface area contributed by atoms with Crippen LogP contribution in [0, 0.1) is 5.41 Å². The van der Waals surface area contributed by atoms with Crippen LogP contribution in [-0.4, -0.2) is 35.1 Å². The Labute approximate surface area is 242 Å². The van der Waals surface area contributed by atoms with E-state index in [0.717, 1.165) is 43.2 Å². The van der Waals surface area contributed by atoms with Crippen molar-refractivity contribution in [2.45, 2.75) is 124 Å². The highest BCUT2D eigenvalue weighted by Gasteiger charge is 2.48. The van der Waals surface area contributed by atoms with Crippen molar-refractivity contribution in [2.24, 2.45) is 5.41 Å². The van der Waals surface area contributed by atoms with Crippen LogP contribution in [0.2, 0.25) is 0 Å². The second kappa shape index (κ2) is 19.3. The smallest absolute Gasteiger partial charge is 0.323 e. The van der Waals surface area contributed by atoms with Gasteiger partial charge in [0.1, 0.15) is 0 Å². The van der Waals surface area contributed by atoms with Crippen LogP contribution < -0.4 is 0 Å². The van der Waals surface area contributed by atoms with Crippen molar-refractivity contribution in [3.63, 3.8) is 0 Å². The molecule has 0 aliphatic rings. The Balaban J connectivity index is 2.04. The number of nitrogens with zero attached hydrogens (tertiary/aromatic N) is 2. The topological polar surface area (TPSA) is 78.4 Å². The number of carbonyl (C=O) groups excluding carboxylic acids is 2. The molecule has 0 bridgehead atoms. The number of hydrogen-bond donors (Lipinski definition) is 0. The van der Waals surface area contributed by atoms with Gasteiger partial charge >= 0.3 is 11.9 Å². The minimum Gasteiger partial charge on any atom is -0.465 e. The van der Waals surface area contributed by atoms with Gasteiger partial charge in [-0.1, -0.05) is 109 Å². The van der Waals surface area contributed by atoms with Gasteiger partial charge in [-0.05, 0) is 50.7 Å². The Morgan fingerprint density at radius 3 is 1.68 bits per heavy atom. The molecule has 0 saturated heterocycles. The van der Waals surface area contributed by atoms with Gasteiger partial charge in [-0.3, -0.25) is 9.59 Å². The summed E-state index contributed by atoms with van der Waals surface area (Å²) in [7, 11) is 0. The van der Waals surface area contributed by atoms with Gasteiger partial charge in [0.2, 0.25) is 0 Å². The van der Waals surface area contributed by atoms with E-state index in [0.29, 0.717) is 12.2 Å². The van der Waals surface area contributed by atoms with Crippen LogP contribution in [0.1, 0.15) is 122 Å². The van der Waals surface area contributed by atoms with E-state index in [1.54, 1.807) is 13.8 Å². The van der Waals surface area contributed by atoms with Crippen molar-refractivity contribution in [2.75, 3.05) is 13.2 Å². The summed E-state index contributed by atoms with van der Waals surface area (Å²) in [6, 6.07) is 7.82. The van der Waals surface area contributed by atoms with Gasteiger partial charge in [0.05, 0.1) is 13.2 Å². The van der Waals surface area contributed by atoms with Gasteiger partial charge in [-0.15, -0.1) is 0 Å². The lowest BCUT2D eigenvalue weighted by Gasteiger charge is -2.29. The fourth-order valence-corrected chi connectivity index (χ4v) is 5.13. The summed E-state index contributed by atoms with van der Waals surface area (Å²) in [5.41, 5.74) is 1.62. The number of carbonyl (C=O) groups is 2. The van der Waals surface area contributed by atoms with Crippen molar-refractivity contribution in [1.29, 1.82) is 0 Å². The van der Waals surface area contributed by atoms with Gasteiger partial charge in [-0.2, -0.15) is 0 Å². The molecular weight excluding hydrogens is 500 g/mol. The van der Waals surface area contributed by atoms with Crippen molar-refractivity contribution >= 4 is 11.9 Å². The Kier molecular flexibility index (Phi) is 16.2. The molecule has 0 radical (unpaired) electrons. The number of unbranched alkanes of at least 4 members (excludes halogenated alkanes) is 10. The van der Waals surface area contributed by atoms with Gasteiger partial charge in [0.25, 0.3) is 0 Å². The largest absolute Gasteiger partial charge is 0.465 e. The summed E-state index contributed by atoms with van der Waals surface area (Å²) < 4.78 is 10.8. The predicted molar refractivity (Wildman–Crippen MR) is 162 cm³/mol. The third-order valence-electron chi connectivity index (χ3n) is 7.53. The molecular formula is C34H52N2O4. The molecule has 1 aromatic carbocycles. The maximum atomic E-state index is 13.2. The Morgan fingerprint density at radius 2 is 1.15 bits per heavy atom. The summed E-state index contributed by atoms with van der Waals surface area (Å²) in [4.78, 5) is 35.6. The molecule has 0 N–H and O–H groups in total. The fourth-order valence-electron chi connectivity index (χ4n) is 5.13. The van der Waals surface area contributed by atoms with Gasteiger partial charge in [-0.25, -0.2) is 9.97 Å². The van der Waals surface area contributed by atoms with Gasteiger partial charge in [0.15, 0.2) is 11.2 Å². The van der Waals surface area contributed by atoms with Gasteiger partial charge < -0.3 is 9.47 Å². The minimum atomic E-state index is -1.34. The highest BCUT2D eigenvalue weighted by Crippen LogP contribution is 2.34. The van der Waals surface area contributed by atoms with Crippen molar-refractivity contribution in [3.8, 4) is 11.4 Å². The first-order valence-electron chi connectivity index (χ1n) is 15.7. The summed E-state index contributed by atoms with van der Waals surface area (Å²) in [6.07, 6.45) is 19.8. The van der Waals surface area contributed by atoms with E-state index in [1.807, 2.05) is 36.7 Å². The molecule has 0 saturated carbocycles. The molecule has 40 heavy (non-hydrogen) atoms. The minimum absolute atomic E-state index is 0.222. The molecule has 1 heterocycles. The van der Waals surface area contributed by atoms with Crippen molar-refractivity contribution in [1.82, 2.24) is 9.97 Å². The lowest BCUT2D eigenvalue weighted by atomic mass is 9.77. The molecule has 1 aromatic heterocycles. The molecule has 0 atom stereocenters. The molecule has 6 heteroatoms. The molecule has 0 aliphatic carbocycles. The van der Waals surface area contributed by atoms with E-state index in [4.69, 9.17) is 9.47 Å². The zero-order valence-electron chi connectivity index (χ0n) is 25.5. The fraction of sp³-hybridized carbons (Fsp3) is 0.647. The summed E-state index contributed by atoms with van der Waals surface area (Å²) in [5, 5.41) is 0. The molecule has 0 fully saturated rings.